The maximum Gasteiger partial charge on any atom is 0.190 e. The Morgan fingerprint density at radius 1 is 1.75 bits per heavy atom. The van der Waals surface area contributed by atoms with Crippen LogP contribution in [-0.2, 0) is 24.2 Å². The second-order valence-corrected chi connectivity index (χ2v) is 3.54. The summed E-state index contributed by atoms with van der Waals surface area (Å²) in [6.07, 6.45) is 1.46. The van der Waals surface area contributed by atoms with Crippen molar-refractivity contribution in [3.8, 4) is 0 Å². The standard InChI is InChI=1S/C6H9N3O2S/c10-12(11)6-4-8-9-2-1-7-3-5(6)9/h4,7H,1-3H2,(H,10,11). The van der Waals surface area contributed by atoms with E-state index in [1.165, 1.54) is 6.20 Å². The molecule has 12 heavy (non-hydrogen) atoms. The number of nitrogens with one attached hydrogen (secondary N) is 1. The number of fused-ring (bicyclic) bond motifs is 1. The third kappa shape index (κ3) is 1.17. The van der Waals surface area contributed by atoms with Gasteiger partial charge in [-0.05, 0) is 0 Å². The lowest BCUT2D eigenvalue weighted by molar-refractivity contribution is 0.469. The van der Waals surface area contributed by atoms with Crippen LogP contribution in [0.4, 0.5) is 0 Å². The van der Waals surface area contributed by atoms with Crippen LogP contribution in [0.5, 0.6) is 0 Å². The smallest absolute Gasteiger partial charge is 0.190 e. The average Bonchev–Trinajstić information content (AvgIpc) is 2.47. The molecule has 0 amide bonds. The highest BCUT2D eigenvalue weighted by Crippen LogP contribution is 2.13. The van der Waals surface area contributed by atoms with Crippen LogP contribution < -0.4 is 5.32 Å². The minimum Gasteiger partial charge on any atom is -0.309 e. The highest BCUT2D eigenvalue weighted by molar-refractivity contribution is 7.79. The van der Waals surface area contributed by atoms with Gasteiger partial charge in [0.1, 0.15) is 4.90 Å². The molecule has 0 aliphatic carbocycles. The van der Waals surface area contributed by atoms with Gasteiger partial charge in [0.15, 0.2) is 11.1 Å². The first-order valence-corrected chi connectivity index (χ1v) is 4.76. The predicted molar refractivity (Wildman–Crippen MR) is 43.0 cm³/mol. The molecule has 1 aromatic heterocycles. The third-order valence-electron chi connectivity index (χ3n) is 1.89. The molecule has 1 unspecified atom stereocenters. The summed E-state index contributed by atoms with van der Waals surface area (Å²) < 4.78 is 21.4. The molecule has 0 saturated heterocycles. The van der Waals surface area contributed by atoms with Gasteiger partial charge in [0.05, 0.1) is 18.4 Å². The summed E-state index contributed by atoms with van der Waals surface area (Å²) in [5.74, 6) is 0. The van der Waals surface area contributed by atoms with Crippen molar-refractivity contribution in [3.05, 3.63) is 11.9 Å². The van der Waals surface area contributed by atoms with E-state index < -0.39 is 11.1 Å². The second kappa shape index (κ2) is 2.96. The van der Waals surface area contributed by atoms with Crippen molar-refractivity contribution >= 4 is 11.1 Å². The number of hydrogen-bond donors (Lipinski definition) is 2. The minimum atomic E-state index is -1.91. The van der Waals surface area contributed by atoms with Crippen molar-refractivity contribution in [2.75, 3.05) is 6.54 Å². The molecule has 0 spiro atoms. The van der Waals surface area contributed by atoms with Gasteiger partial charge in [-0.3, -0.25) is 4.68 Å². The van der Waals surface area contributed by atoms with E-state index in [-0.39, 0.29) is 0 Å². The lowest BCUT2D eigenvalue weighted by Crippen LogP contribution is -2.29. The average molecular weight is 187 g/mol. The van der Waals surface area contributed by atoms with Crippen LogP contribution in [0.15, 0.2) is 11.1 Å². The molecule has 1 aromatic rings. The van der Waals surface area contributed by atoms with Crippen molar-refractivity contribution in [2.24, 2.45) is 0 Å². The summed E-state index contributed by atoms with van der Waals surface area (Å²) in [4.78, 5) is 0.419. The molecule has 6 heteroatoms. The zero-order chi connectivity index (χ0) is 8.55. The van der Waals surface area contributed by atoms with Crippen molar-refractivity contribution in [2.45, 2.75) is 18.0 Å². The summed E-state index contributed by atoms with van der Waals surface area (Å²) in [7, 11) is 0. The van der Waals surface area contributed by atoms with Crippen LogP contribution in [0.3, 0.4) is 0 Å². The molecule has 1 atom stereocenters. The van der Waals surface area contributed by atoms with Crippen molar-refractivity contribution < 1.29 is 8.76 Å². The monoisotopic (exact) mass is 187 g/mol. The van der Waals surface area contributed by atoms with Crippen LogP contribution in [0.25, 0.3) is 0 Å². The minimum absolute atomic E-state index is 0.419. The largest absolute Gasteiger partial charge is 0.309 e. The molecule has 66 valence electrons. The van der Waals surface area contributed by atoms with E-state index in [0.29, 0.717) is 11.4 Å². The van der Waals surface area contributed by atoms with Gasteiger partial charge in [-0.15, -0.1) is 0 Å². The molecular formula is C6H9N3O2S. The molecular weight excluding hydrogens is 178 g/mol. The molecule has 5 nitrogen and oxygen atoms in total. The molecule has 0 aromatic carbocycles. The molecule has 0 radical (unpaired) electrons. The second-order valence-electron chi connectivity index (χ2n) is 2.60. The van der Waals surface area contributed by atoms with E-state index in [1.54, 1.807) is 4.68 Å². The Bertz CT molecular complexity index is 323. The quantitative estimate of drug-likeness (QED) is 0.585. The van der Waals surface area contributed by atoms with Crippen LogP contribution in [-0.4, -0.2) is 25.1 Å². The zero-order valence-corrected chi connectivity index (χ0v) is 7.17. The molecule has 2 heterocycles. The van der Waals surface area contributed by atoms with Crippen molar-refractivity contribution in [1.82, 2.24) is 15.1 Å². The first-order valence-electron chi connectivity index (χ1n) is 3.65. The fourth-order valence-corrected chi connectivity index (χ4v) is 1.82. The predicted octanol–water partition coefficient (Wildman–Crippen LogP) is -0.433. The summed E-state index contributed by atoms with van der Waals surface area (Å²) in [6, 6.07) is 0. The van der Waals surface area contributed by atoms with Gasteiger partial charge in [0, 0.05) is 13.1 Å². The van der Waals surface area contributed by atoms with Gasteiger partial charge in [-0.1, -0.05) is 0 Å². The number of rotatable bonds is 1. The van der Waals surface area contributed by atoms with Crippen LogP contribution >= 0.6 is 0 Å². The SMILES string of the molecule is O=S(O)c1cnn2c1CNCC2. The lowest BCUT2D eigenvalue weighted by atomic mass is 10.3. The van der Waals surface area contributed by atoms with Gasteiger partial charge in [0.2, 0.25) is 0 Å². The molecule has 1 aliphatic rings. The van der Waals surface area contributed by atoms with E-state index >= 15 is 0 Å². The molecule has 0 bridgehead atoms. The Morgan fingerprint density at radius 2 is 2.58 bits per heavy atom. The van der Waals surface area contributed by atoms with E-state index in [0.717, 1.165) is 18.8 Å². The Labute approximate surface area is 72.1 Å². The van der Waals surface area contributed by atoms with Crippen LogP contribution in [0.1, 0.15) is 5.69 Å². The summed E-state index contributed by atoms with van der Waals surface area (Å²) in [5, 5.41) is 7.12. The highest BCUT2D eigenvalue weighted by Gasteiger charge is 2.17. The summed E-state index contributed by atoms with van der Waals surface area (Å²) >= 11 is -1.91. The maximum atomic E-state index is 10.8. The van der Waals surface area contributed by atoms with Crippen LogP contribution in [0, 0.1) is 0 Å². The van der Waals surface area contributed by atoms with Crippen LogP contribution in [0.2, 0.25) is 0 Å². The van der Waals surface area contributed by atoms with Crippen molar-refractivity contribution in [3.63, 3.8) is 0 Å². The first kappa shape index (κ1) is 7.90. The van der Waals surface area contributed by atoms with E-state index in [1.807, 2.05) is 0 Å². The highest BCUT2D eigenvalue weighted by atomic mass is 32.2. The van der Waals surface area contributed by atoms with Crippen molar-refractivity contribution in [1.29, 1.82) is 0 Å². The molecule has 0 saturated carbocycles. The van der Waals surface area contributed by atoms with Gasteiger partial charge >= 0.3 is 0 Å². The Balaban J connectivity index is 2.44. The Morgan fingerprint density at radius 3 is 3.33 bits per heavy atom. The third-order valence-corrected chi connectivity index (χ3v) is 2.61. The van der Waals surface area contributed by atoms with E-state index in [2.05, 4.69) is 10.4 Å². The van der Waals surface area contributed by atoms with E-state index in [9.17, 15) is 4.21 Å². The molecule has 2 N–H and O–H groups in total. The molecule has 2 rings (SSSR count). The zero-order valence-electron chi connectivity index (χ0n) is 6.36. The molecule has 1 aliphatic heterocycles. The van der Waals surface area contributed by atoms with Gasteiger partial charge in [-0.25, -0.2) is 4.21 Å². The summed E-state index contributed by atoms with van der Waals surface area (Å²) in [5.41, 5.74) is 0.821. The van der Waals surface area contributed by atoms with Gasteiger partial charge in [0.25, 0.3) is 0 Å². The molecule has 0 fully saturated rings. The number of nitrogens with zero attached hydrogens (tertiary/aromatic N) is 2. The number of aromatic nitrogens is 2. The summed E-state index contributed by atoms with van der Waals surface area (Å²) in [6.45, 7) is 2.26. The van der Waals surface area contributed by atoms with Gasteiger partial charge in [-0.2, -0.15) is 5.10 Å². The fraction of sp³-hybridized carbons (Fsp3) is 0.500. The number of hydrogen-bond acceptors (Lipinski definition) is 3. The van der Waals surface area contributed by atoms with E-state index in [4.69, 9.17) is 4.55 Å². The first-order chi connectivity index (χ1) is 5.79. The fourth-order valence-electron chi connectivity index (χ4n) is 1.30. The van der Waals surface area contributed by atoms with Gasteiger partial charge < -0.3 is 9.87 Å². The maximum absolute atomic E-state index is 10.8. The Kier molecular flexibility index (Phi) is 1.95. The Hall–Kier alpha value is -0.720. The lowest BCUT2D eigenvalue weighted by Gasteiger charge is -2.14. The topological polar surface area (TPSA) is 67.1 Å². The normalized spacial score (nSPS) is 18.8.